The summed E-state index contributed by atoms with van der Waals surface area (Å²) in [5.41, 5.74) is 0. The lowest BCUT2D eigenvalue weighted by Crippen LogP contribution is -2.45. The molecular formula is C30H63NO3P+. The number of nitrogens with zero attached hydrogens (tertiary/aromatic N) is 1. The summed E-state index contributed by atoms with van der Waals surface area (Å²) in [6.45, 7) is 4.70. The molecule has 2 unspecified atom stereocenters. The molecule has 0 radical (unpaired) electrons. The summed E-state index contributed by atoms with van der Waals surface area (Å²) in [5.74, 6) is -0.333. The number of hydrogen-bond acceptors (Lipinski definition) is 2. The fourth-order valence-corrected chi connectivity index (χ4v) is 6.79. The summed E-state index contributed by atoms with van der Waals surface area (Å²) in [5, 5.41) is 0. The molecule has 0 rings (SSSR count). The van der Waals surface area contributed by atoms with Gasteiger partial charge >= 0.3 is 7.60 Å². The van der Waals surface area contributed by atoms with Crippen molar-refractivity contribution in [3.05, 3.63) is 12.2 Å². The molecule has 0 aliphatic rings. The standard InChI is InChI=1S/C30H62NO3P/c1-6-8-9-10-11-12-13-14-15-16-17-18-19-20-21-22-23-24-25-26-27-29-34-35(32,33)30(28-7-2)31(3,4)5/h9-10,30H,6-8,11-29H2,1-5H3/p+1/b10-9-. The molecule has 0 fully saturated rings. The van der Waals surface area contributed by atoms with Crippen LogP contribution in [0.15, 0.2) is 12.2 Å². The minimum absolute atomic E-state index is 0.333. The van der Waals surface area contributed by atoms with Gasteiger partial charge in [0.25, 0.3) is 0 Å². The van der Waals surface area contributed by atoms with Crippen molar-refractivity contribution in [1.82, 2.24) is 0 Å². The van der Waals surface area contributed by atoms with Gasteiger partial charge in [-0.15, -0.1) is 0 Å². The van der Waals surface area contributed by atoms with Crippen molar-refractivity contribution >= 4 is 7.60 Å². The normalized spacial score (nSPS) is 15.0. The molecule has 0 aliphatic heterocycles. The first-order valence-corrected chi connectivity index (χ1v) is 16.8. The molecule has 0 saturated carbocycles. The summed E-state index contributed by atoms with van der Waals surface area (Å²) < 4.78 is 18.7. The molecule has 4 nitrogen and oxygen atoms in total. The first kappa shape index (κ1) is 34.9. The Morgan fingerprint density at radius 2 is 1.06 bits per heavy atom. The number of hydrogen-bond donors (Lipinski definition) is 1. The van der Waals surface area contributed by atoms with E-state index in [9.17, 15) is 9.46 Å². The molecule has 0 aliphatic carbocycles. The molecule has 2 atom stereocenters. The van der Waals surface area contributed by atoms with Gasteiger partial charge in [-0.2, -0.15) is 0 Å². The Morgan fingerprint density at radius 3 is 1.46 bits per heavy atom. The smallest absolute Gasteiger partial charge is 0.320 e. The number of unbranched alkanes of at least 4 members (excludes halogenated alkanes) is 17. The third kappa shape index (κ3) is 21.6. The van der Waals surface area contributed by atoms with Gasteiger partial charge in [0.2, 0.25) is 0 Å². The molecule has 0 aromatic rings. The van der Waals surface area contributed by atoms with E-state index in [1.54, 1.807) is 0 Å². The Kier molecular flexibility index (Phi) is 22.9. The molecule has 35 heavy (non-hydrogen) atoms. The maximum absolute atomic E-state index is 12.7. The Labute approximate surface area is 220 Å². The fourth-order valence-electron chi connectivity index (χ4n) is 4.77. The molecule has 0 aromatic carbocycles. The minimum atomic E-state index is -3.57. The van der Waals surface area contributed by atoms with E-state index in [2.05, 4.69) is 26.0 Å². The lowest BCUT2D eigenvalue weighted by atomic mass is 10.0. The van der Waals surface area contributed by atoms with Crippen molar-refractivity contribution in [3.63, 3.8) is 0 Å². The zero-order valence-electron chi connectivity index (χ0n) is 24.4. The van der Waals surface area contributed by atoms with Gasteiger partial charge in [-0.05, 0) is 32.1 Å². The molecule has 5 heteroatoms. The first-order valence-electron chi connectivity index (χ1n) is 15.2. The average molecular weight is 517 g/mol. The number of allylic oxidation sites excluding steroid dienone is 2. The first-order chi connectivity index (χ1) is 16.8. The van der Waals surface area contributed by atoms with Crippen molar-refractivity contribution in [3.8, 4) is 0 Å². The van der Waals surface area contributed by atoms with Gasteiger partial charge in [-0.1, -0.05) is 122 Å². The van der Waals surface area contributed by atoms with Crippen molar-refractivity contribution in [1.29, 1.82) is 0 Å². The molecule has 210 valence electrons. The van der Waals surface area contributed by atoms with Gasteiger partial charge in [0.1, 0.15) is 0 Å². The predicted octanol–water partition coefficient (Wildman–Crippen LogP) is 10.0. The summed E-state index contributed by atoms with van der Waals surface area (Å²) >= 11 is 0. The summed E-state index contributed by atoms with van der Waals surface area (Å²) in [6.07, 6.45) is 31.3. The minimum Gasteiger partial charge on any atom is -0.320 e. The second-order valence-electron chi connectivity index (χ2n) is 11.5. The largest absolute Gasteiger partial charge is 0.385 e. The molecular weight excluding hydrogens is 453 g/mol. The highest BCUT2D eigenvalue weighted by Crippen LogP contribution is 2.51. The quantitative estimate of drug-likeness (QED) is 0.0538. The molecule has 0 heterocycles. The van der Waals surface area contributed by atoms with Crippen molar-refractivity contribution < 1.29 is 18.5 Å². The highest BCUT2D eigenvalue weighted by Gasteiger charge is 2.41. The van der Waals surface area contributed by atoms with Crippen LogP contribution in [-0.4, -0.2) is 42.9 Å². The van der Waals surface area contributed by atoms with Crippen LogP contribution in [0.4, 0.5) is 0 Å². The Hall–Kier alpha value is -0.150. The highest BCUT2D eigenvalue weighted by molar-refractivity contribution is 7.53. The van der Waals surface area contributed by atoms with E-state index in [1.165, 1.54) is 109 Å². The van der Waals surface area contributed by atoms with Crippen LogP contribution >= 0.6 is 7.60 Å². The van der Waals surface area contributed by atoms with E-state index in [0.717, 1.165) is 25.7 Å². The zero-order valence-corrected chi connectivity index (χ0v) is 25.3. The van der Waals surface area contributed by atoms with E-state index >= 15 is 0 Å². The third-order valence-electron chi connectivity index (χ3n) is 6.98. The third-order valence-corrected chi connectivity index (χ3v) is 9.24. The fraction of sp³-hybridized carbons (Fsp3) is 0.933. The molecule has 0 spiro atoms. The number of rotatable bonds is 26. The molecule has 0 bridgehead atoms. The molecule has 0 aromatic heterocycles. The molecule has 0 amide bonds. The van der Waals surface area contributed by atoms with Crippen LogP contribution in [0, 0.1) is 0 Å². The van der Waals surface area contributed by atoms with Crippen LogP contribution in [-0.2, 0) is 9.09 Å². The molecule has 1 N–H and O–H groups in total. The van der Waals surface area contributed by atoms with E-state index in [0.29, 0.717) is 11.1 Å². The highest BCUT2D eigenvalue weighted by atomic mass is 31.2. The second-order valence-corrected chi connectivity index (χ2v) is 13.5. The van der Waals surface area contributed by atoms with Gasteiger partial charge < -0.3 is 13.9 Å². The van der Waals surface area contributed by atoms with Crippen molar-refractivity contribution in [2.45, 2.75) is 154 Å². The average Bonchev–Trinajstić information content (AvgIpc) is 2.80. The SMILES string of the molecule is CCC/C=C\CCCCCCCCCCCCCCCCCCOP(=O)(O)C(CCC)[N+](C)(C)C. The second kappa shape index (κ2) is 23.0. The van der Waals surface area contributed by atoms with E-state index < -0.39 is 7.60 Å². The van der Waals surface area contributed by atoms with Gasteiger partial charge in [-0.25, -0.2) is 0 Å². The van der Waals surface area contributed by atoms with Gasteiger partial charge in [0.15, 0.2) is 5.78 Å². The van der Waals surface area contributed by atoms with Crippen molar-refractivity contribution in [2.24, 2.45) is 0 Å². The van der Waals surface area contributed by atoms with Crippen LogP contribution in [0.2, 0.25) is 0 Å². The number of quaternary nitrogens is 1. The van der Waals surface area contributed by atoms with E-state index in [-0.39, 0.29) is 5.78 Å². The van der Waals surface area contributed by atoms with Crippen LogP contribution in [0.5, 0.6) is 0 Å². The summed E-state index contributed by atoms with van der Waals surface area (Å²) in [6, 6.07) is 0. The topological polar surface area (TPSA) is 46.5 Å². The van der Waals surface area contributed by atoms with Gasteiger partial charge in [-0.3, -0.25) is 4.57 Å². The van der Waals surface area contributed by atoms with Gasteiger partial charge in [0.05, 0.1) is 27.7 Å². The Bertz CT molecular complexity index is 530. The zero-order chi connectivity index (χ0) is 26.3. The van der Waals surface area contributed by atoms with Crippen LogP contribution in [0.3, 0.4) is 0 Å². The van der Waals surface area contributed by atoms with E-state index in [1.807, 2.05) is 21.1 Å². The Morgan fingerprint density at radius 1 is 0.657 bits per heavy atom. The van der Waals surface area contributed by atoms with Crippen LogP contribution in [0.1, 0.15) is 149 Å². The van der Waals surface area contributed by atoms with Crippen LogP contribution < -0.4 is 0 Å². The predicted molar refractivity (Wildman–Crippen MR) is 155 cm³/mol. The summed E-state index contributed by atoms with van der Waals surface area (Å²) in [7, 11) is 2.36. The summed E-state index contributed by atoms with van der Waals surface area (Å²) in [4.78, 5) is 10.4. The maximum Gasteiger partial charge on any atom is 0.385 e. The van der Waals surface area contributed by atoms with E-state index in [4.69, 9.17) is 4.52 Å². The molecule has 0 saturated heterocycles. The maximum atomic E-state index is 12.7. The lowest BCUT2D eigenvalue weighted by molar-refractivity contribution is -0.883. The Balaban J connectivity index is 3.42. The van der Waals surface area contributed by atoms with Crippen molar-refractivity contribution in [2.75, 3.05) is 27.7 Å². The monoisotopic (exact) mass is 516 g/mol. The lowest BCUT2D eigenvalue weighted by Gasteiger charge is -2.35. The van der Waals surface area contributed by atoms with Crippen LogP contribution in [0.25, 0.3) is 0 Å². The van der Waals surface area contributed by atoms with Gasteiger partial charge in [0, 0.05) is 6.42 Å².